The van der Waals surface area contributed by atoms with E-state index in [4.69, 9.17) is 10.2 Å². The Kier molecular flexibility index (Phi) is 4.63. The lowest BCUT2D eigenvalue weighted by Gasteiger charge is -2.14. The molecule has 0 bridgehead atoms. The van der Waals surface area contributed by atoms with Crippen LogP contribution in [0.3, 0.4) is 0 Å². The SMILES string of the molecule is CCc1ccc(C(CN)NCCCC2CC2)o1. The molecule has 0 spiro atoms. The lowest BCUT2D eigenvalue weighted by atomic mass is 10.2. The molecular weight excluding hydrogens is 212 g/mol. The molecular formula is C14H24N2O. The monoisotopic (exact) mass is 236 g/mol. The van der Waals surface area contributed by atoms with Crippen LogP contribution in [0.15, 0.2) is 16.5 Å². The third-order valence-electron chi connectivity index (χ3n) is 3.49. The molecule has 1 aromatic rings. The molecule has 2 rings (SSSR count). The van der Waals surface area contributed by atoms with Gasteiger partial charge < -0.3 is 15.5 Å². The molecule has 3 nitrogen and oxygen atoms in total. The van der Waals surface area contributed by atoms with Crippen LogP contribution in [0.5, 0.6) is 0 Å². The molecule has 1 heterocycles. The van der Waals surface area contributed by atoms with Crippen LogP contribution in [0.1, 0.15) is 50.2 Å². The lowest BCUT2D eigenvalue weighted by molar-refractivity contribution is 0.394. The smallest absolute Gasteiger partial charge is 0.122 e. The fraction of sp³-hybridized carbons (Fsp3) is 0.714. The fourth-order valence-corrected chi connectivity index (χ4v) is 2.15. The Hall–Kier alpha value is -0.800. The zero-order chi connectivity index (χ0) is 12.1. The van der Waals surface area contributed by atoms with Crippen molar-refractivity contribution in [3.8, 4) is 0 Å². The fourth-order valence-electron chi connectivity index (χ4n) is 2.15. The van der Waals surface area contributed by atoms with Crippen LogP contribution < -0.4 is 11.1 Å². The molecule has 1 aliphatic rings. The summed E-state index contributed by atoms with van der Waals surface area (Å²) in [5, 5.41) is 3.49. The average molecular weight is 236 g/mol. The Bertz CT molecular complexity index is 331. The molecule has 1 aliphatic carbocycles. The van der Waals surface area contributed by atoms with Gasteiger partial charge in [-0.05, 0) is 37.4 Å². The molecule has 0 amide bonds. The van der Waals surface area contributed by atoms with E-state index in [1.165, 1.54) is 25.7 Å². The zero-order valence-corrected chi connectivity index (χ0v) is 10.7. The van der Waals surface area contributed by atoms with Gasteiger partial charge in [0.15, 0.2) is 0 Å². The Balaban J connectivity index is 1.74. The molecule has 0 radical (unpaired) electrons. The Morgan fingerprint density at radius 3 is 2.88 bits per heavy atom. The van der Waals surface area contributed by atoms with Crippen LogP contribution in [-0.2, 0) is 6.42 Å². The number of hydrogen-bond acceptors (Lipinski definition) is 3. The predicted octanol–water partition coefficient (Wildman–Crippen LogP) is 2.62. The standard InChI is InChI=1S/C14H24N2O/c1-2-12-7-8-14(17-12)13(10-15)16-9-3-4-11-5-6-11/h7-8,11,13,16H,2-6,9-10,15H2,1H3. The van der Waals surface area contributed by atoms with Crippen molar-refractivity contribution in [2.75, 3.05) is 13.1 Å². The van der Waals surface area contributed by atoms with Crippen molar-refractivity contribution in [1.29, 1.82) is 0 Å². The van der Waals surface area contributed by atoms with E-state index in [0.29, 0.717) is 6.54 Å². The van der Waals surface area contributed by atoms with Gasteiger partial charge in [0.25, 0.3) is 0 Å². The molecule has 96 valence electrons. The maximum atomic E-state index is 5.79. The van der Waals surface area contributed by atoms with Gasteiger partial charge in [0.2, 0.25) is 0 Å². The third-order valence-corrected chi connectivity index (χ3v) is 3.49. The summed E-state index contributed by atoms with van der Waals surface area (Å²) in [5.41, 5.74) is 5.79. The molecule has 3 heteroatoms. The van der Waals surface area contributed by atoms with Gasteiger partial charge in [-0.25, -0.2) is 0 Å². The summed E-state index contributed by atoms with van der Waals surface area (Å²) in [6.45, 7) is 3.74. The van der Waals surface area contributed by atoms with Crippen LogP contribution in [0, 0.1) is 5.92 Å². The van der Waals surface area contributed by atoms with Gasteiger partial charge >= 0.3 is 0 Å². The summed E-state index contributed by atoms with van der Waals surface area (Å²) >= 11 is 0. The molecule has 0 aliphatic heterocycles. The number of nitrogens with two attached hydrogens (primary N) is 1. The number of furan rings is 1. The molecule has 3 N–H and O–H groups in total. The number of hydrogen-bond donors (Lipinski definition) is 2. The minimum absolute atomic E-state index is 0.175. The molecule has 17 heavy (non-hydrogen) atoms. The van der Waals surface area contributed by atoms with Crippen LogP contribution >= 0.6 is 0 Å². The second-order valence-electron chi connectivity index (χ2n) is 4.99. The van der Waals surface area contributed by atoms with Crippen LogP contribution in [0.4, 0.5) is 0 Å². The van der Waals surface area contributed by atoms with E-state index >= 15 is 0 Å². The van der Waals surface area contributed by atoms with E-state index in [0.717, 1.165) is 30.4 Å². The Morgan fingerprint density at radius 1 is 1.47 bits per heavy atom. The van der Waals surface area contributed by atoms with Gasteiger partial charge in [-0.1, -0.05) is 19.8 Å². The first-order valence-corrected chi connectivity index (χ1v) is 6.85. The molecule has 1 unspecified atom stereocenters. The van der Waals surface area contributed by atoms with E-state index in [-0.39, 0.29) is 6.04 Å². The van der Waals surface area contributed by atoms with Gasteiger partial charge in [0.1, 0.15) is 11.5 Å². The Labute approximate surface area is 104 Å². The van der Waals surface area contributed by atoms with Gasteiger partial charge in [0.05, 0.1) is 6.04 Å². The highest BCUT2D eigenvalue weighted by atomic mass is 16.3. The summed E-state index contributed by atoms with van der Waals surface area (Å²) in [6, 6.07) is 4.27. The van der Waals surface area contributed by atoms with Crippen molar-refractivity contribution in [3.63, 3.8) is 0 Å². The van der Waals surface area contributed by atoms with Crippen LogP contribution in [0.2, 0.25) is 0 Å². The molecule has 1 saturated carbocycles. The summed E-state index contributed by atoms with van der Waals surface area (Å²) in [5.74, 6) is 3.04. The topological polar surface area (TPSA) is 51.2 Å². The van der Waals surface area contributed by atoms with E-state index < -0.39 is 0 Å². The van der Waals surface area contributed by atoms with Crippen molar-refractivity contribution in [2.45, 2.75) is 45.1 Å². The largest absolute Gasteiger partial charge is 0.464 e. The van der Waals surface area contributed by atoms with Crippen LogP contribution in [0.25, 0.3) is 0 Å². The quantitative estimate of drug-likeness (QED) is 0.682. The van der Waals surface area contributed by atoms with Crippen molar-refractivity contribution in [1.82, 2.24) is 5.32 Å². The van der Waals surface area contributed by atoms with E-state index in [9.17, 15) is 0 Å². The normalized spacial score (nSPS) is 17.3. The van der Waals surface area contributed by atoms with Gasteiger partial charge in [0, 0.05) is 13.0 Å². The second-order valence-corrected chi connectivity index (χ2v) is 4.99. The number of rotatable bonds is 8. The van der Waals surface area contributed by atoms with Crippen LogP contribution in [-0.4, -0.2) is 13.1 Å². The number of aryl methyl sites for hydroxylation is 1. The Morgan fingerprint density at radius 2 is 2.29 bits per heavy atom. The molecule has 0 aromatic carbocycles. The molecule has 1 fully saturated rings. The van der Waals surface area contributed by atoms with Crippen molar-refractivity contribution < 1.29 is 4.42 Å². The van der Waals surface area contributed by atoms with Crippen molar-refractivity contribution in [3.05, 3.63) is 23.7 Å². The molecule has 1 atom stereocenters. The minimum atomic E-state index is 0.175. The van der Waals surface area contributed by atoms with Crippen molar-refractivity contribution in [2.24, 2.45) is 11.7 Å². The van der Waals surface area contributed by atoms with E-state index in [1.54, 1.807) is 0 Å². The zero-order valence-electron chi connectivity index (χ0n) is 10.7. The highest BCUT2D eigenvalue weighted by molar-refractivity contribution is 5.11. The number of nitrogens with one attached hydrogen (secondary N) is 1. The maximum Gasteiger partial charge on any atom is 0.122 e. The van der Waals surface area contributed by atoms with Gasteiger partial charge in [-0.15, -0.1) is 0 Å². The molecule has 1 aromatic heterocycles. The highest BCUT2D eigenvalue weighted by Gasteiger charge is 2.20. The average Bonchev–Trinajstić information content (AvgIpc) is 3.05. The van der Waals surface area contributed by atoms with Gasteiger partial charge in [-0.3, -0.25) is 0 Å². The summed E-state index contributed by atoms with van der Waals surface area (Å²) in [6.07, 6.45) is 6.45. The lowest BCUT2D eigenvalue weighted by Crippen LogP contribution is -2.28. The predicted molar refractivity (Wildman–Crippen MR) is 69.8 cm³/mol. The first kappa shape index (κ1) is 12.7. The molecule has 0 saturated heterocycles. The first-order chi connectivity index (χ1) is 8.33. The van der Waals surface area contributed by atoms with Crippen molar-refractivity contribution >= 4 is 0 Å². The summed E-state index contributed by atoms with van der Waals surface area (Å²) < 4.78 is 5.73. The van der Waals surface area contributed by atoms with Gasteiger partial charge in [-0.2, -0.15) is 0 Å². The summed E-state index contributed by atoms with van der Waals surface area (Å²) in [7, 11) is 0. The maximum absolute atomic E-state index is 5.79. The van der Waals surface area contributed by atoms with E-state index in [1.807, 2.05) is 12.1 Å². The van der Waals surface area contributed by atoms with E-state index in [2.05, 4.69) is 12.2 Å². The highest BCUT2D eigenvalue weighted by Crippen LogP contribution is 2.33. The second kappa shape index (κ2) is 6.22. The minimum Gasteiger partial charge on any atom is -0.464 e. The summed E-state index contributed by atoms with van der Waals surface area (Å²) in [4.78, 5) is 0. The first-order valence-electron chi connectivity index (χ1n) is 6.85. The third kappa shape index (κ3) is 3.86.